The van der Waals surface area contributed by atoms with Crippen LogP contribution in [0.3, 0.4) is 0 Å². The van der Waals surface area contributed by atoms with Gasteiger partial charge in [-0.2, -0.15) is 0 Å². The highest BCUT2D eigenvalue weighted by Crippen LogP contribution is 2.19. The number of thiocarbonyl (C=S) groups is 1. The van der Waals surface area contributed by atoms with Crippen molar-refractivity contribution in [3.05, 3.63) is 70.8 Å². The molecule has 0 radical (unpaired) electrons. The fraction of sp³-hybridized carbons (Fsp3) is 0.158. The minimum absolute atomic E-state index is 0.255. The Hall–Kier alpha value is -2.46. The largest absolute Gasteiger partial charge is 0.332 e. The third-order valence-corrected chi connectivity index (χ3v) is 3.67. The Morgan fingerprint density at radius 3 is 2.22 bits per heavy atom. The van der Waals surface area contributed by atoms with Crippen molar-refractivity contribution in [2.75, 3.05) is 5.32 Å². The van der Waals surface area contributed by atoms with Crippen LogP contribution < -0.4 is 10.6 Å². The molecule has 2 aromatic carbocycles. The lowest BCUT2D eigenvalue weighted by atomic mass is 10.1. The molecule has 0 spiro atoms. The first-order chi connectivity index (χ1) is 11.0. The van der Waals surface area contributed by atoms with E-state index in [0.29, 0.717) is 5.11 Å². The quantitative estimate of drug-likeness (QED) is 0.658. The minimum atomic E-state index is -0.255. The predicted molar refractivity (Wildman–Crippen MR) is 100 cm³/mol. The summed E-state index contributed by atoms with van der Waals surface area (Å²) in [6.45, 7) is 6.02. The molecule has 0 bridgehead atoms. The molecule has 1 amide bonds. The maximum Gasteiger partial charge on any atom is 0.250 e. The number of anilines is 1. The Balaban J connectivity index is 1.95. The van der Waals surface area contributed by atoms with Crippen molar-refractivity contribution in [3.8, 4) is 0 Å². The zero-order valence-electron chi connectivity index (χ0n) is 13.5. The highest BCUT2D eigenvalue weighted by molar-refractivity contribution is 7.80. The van der Waals surface area contributed by atoms with Crippen LogP contribution in [0.15, 0.2) is 48.5 Å². The molecule has 0 aromatic heterocycles. The first-order valence-electron chi connectivity index (χ1n) is 7.38. The van der Waals surface area contributed by atoms with Crippen molar-refractivity contribution < 1.29 is 4.79 Å². The van der Waals surface area contributed by atoms with Gasteiger partial charge in [0, 0.05) is 11.8 Å². The Labute approximate surface area is 142 Å². The van der Waals surface area contributed by atoms with Gasteiger partial charge in [0.15, 0.2) is 5.11 Å². The zero-order valence-corrected chi connectivity index (χ0v) is 14.3. The molecule has 0 aliphatic carbocycles. The monoisotopic (exact) mass is 324 g/mol. The van der Waals surface area contributed by atoms with Gasteiger partial charge in [-0.25, -0.2) is 0 Å². The average molecular weight is 324 g/mol. The number of hydrogen-bond donors (Lipinski definition) is 2. The molecule has 0 atom stereocenters. The summed E-state index contributed by atoms with van der Waals surface area (Å²) in [5.41, 5.74) is 5.25. The van der Waals surface area contributed by atoms with Gasteiger partial charge in [0.05, 0.1) is 0 Å². The second-order valence-electron chi connectivity index (χ2n) is 5.45. The molecular formula is C19H20N2OS. The summed E-state index contributed by atoms with van der Waals surface area (Å²) in [6, 6.07) is 13.9. The van der Waals surface area contributed by atoms with E-state index in [1.54, 1.807) is 6.08 Å². The summed E-state index contributed by atoms with van der Waals surface area (Å²) < 4.78 is 0. The smallest absolute Gasteiger partial charge is 0.250 e. The molecule has 4 heteroatoms. The molecule has 0 saturated heterocycles. The molecule has 2 N–H and O–H groups in total. The summed E-state index contributed by atoms with van der Waals surface area (Å²) >= 11 is 5.20. The molecule has 2 rings (SSSR count). The van der Waals surface area contributed by atoms with Gasteiger partial charge >= 0.3 is 0 Å². The molecule has 0 aliphatic rings. The molecular weight excluding hydrogens is 304 g/mol. The summed E-state index contributed by atoms with van der Waals surface area (Å²) in [7, 11) is 0. The van der Waals surface area contributed by atoms with Crippen molar-refractivity contribution in [2.24, 2.45) is 0 Å². The second-order valence-corrected chi connectivity index (χ2v) is 5.86. The molecule has 0 heterocycles. The van der Waals surface area contributed by atoms with Crippen LogP contribution in [0, 0.1) is 20.8 Å². The van der Waals surface area contributed by atoms with E-state index in [4.69, 9.17) is 12.2 Å². The lowest BCUT2D eigenvalue weighted by molar-refractivity contribution is -0.115. The lowest BCUT2D eigenvalue weighted by Gasteiger charge is -2.13. The van der Waals surface area contributed by atoms with Gasteiger partial charge in [-0.3, -0.25) is 10.1 Å². The van der Waals surface area contributed by atoms with E-state index < -0.39 is 0 Å². The van der Waals surface area contributed by atoms with Crippen LogP contribution in [-0.2, 0) is 4.79 Å². The fourth-order valence-electron chi connectivity index (χ4n) is 2.16. The van der Waals surface area contributed by atoms with Gasteiger partial charge in [-0.15, -0.1) is 0 Å². The van der Waals surface area contributed by atoms with E-state index in [2.05, 4.69) is 10.6 Å². The number of hydrogen-bond acceptors (Lipinski definition) is 2. The highest BCUT2D eigenvalue weighted by Gasteiger charge is 2.06. The number of rotatable bonds is 3. The molecule has 0 aliphatic heterocycles. The molecule has 0 saturated carbocycles. The zero-order chi connectivity index (χ0) is 16.8. The van der Waals surface area contributed by atoms with E-state index >= 15 is 0 Å². The van der Waals surface area contributed by atoms with Gasteiger partial charge < -0.3 is 5.32 Å². The SMILES string of the molecule is Cc1ccc(/C=C/C(=O)NC(=S)Nc2c(C)cccc2C)cc1. The van der Waals surface area contributed by atoms with E-state index in [-0.39, 0.29) is 5.91 Å². The van der Waals surface area contributed by atoms with Crippen LogP contribution in [0.5, 0.6) is 0 Å². The average Bonchev–Trinajstić information content (AvgIpc) is 2.50. The van der Waals surface area contributed by atoms with Crippen LogP contribution in [0.4, 0.5) is 5.69 Å². The maximum absolute atomic E-state index is 11.9. The molecule has 0 unspecified atom stereocenters. The molecule has 23 heavy (non-hydrogen) atoms. The summed E-state index contributed by atoms with van der Waals surface area (Å²) in [5.74, 6) is -0.255. The van der Waals surface area contributed by atoms with Crippen LogP contribution >= 0.6 is 12.2 Å². The number of carbonyl (C=O) groups is 1. The minimum Gasteiger partial charge on any atom is -0.332 e. The molecule has 0 fully saturated rings. The summed E-state index contributed by atoms with van der Waals surface area (Å²) in [5, 5.41) is 6.03. The number of carbonyl (C=O) groups excluding carboxylic acids is 1. The Bertz CT molecular complexity index is 728. The Morgan fingerprint density at radius 2 is 1.61 bits per heavy atom. The van der Waals surface area contributed by atoms with Gasteiger partial charge in [-0.1, -0.05) is 48.0 Å². The van der Waals surface area contributed by atoms with Crippen molar-refractivity contribution >= 4 is 35.0 Å². The number of para-hydroxylation sites is 1. The summed E-state index contributed by atoms with van der Waals surface area (Å²) in [6.07, 6.45) is 3.24. The predicted octanol–water partition coefficient (Wildman–Crippen LogP) is 4.14. The van der Waals surface area contributed by atoms with Crippen LogP contribution in [0.1, 0.15) is 22.3 Å². The van der Waals surface area contributed by atoms with Gasteiger partial charge in [-0.05, 0) is 55.8 Å². The molecule has 118 valence electrons. The molecule has 3 nitrogen and oxygen atoms in total. The fourth-order valence-corrected chi connectivity index (χ4v) is 2.36. The first-order valence-corrected chi connectivity index (χ1v) is 7.79. The third kappa shape index (κ3) is 5.04. The standard InChI is InChI=1S/C19H20N2OS/c1-13-7-9-16(10-8-13)11-12-17(22)20-19(23)21-18-14(2)5-4-6-15(18)3/h4-12H,1-3H3,(H2,20,21,22,23)/b12-11+. The van der Waals surface area contributed by atoms with Crippen LogP contribution in [0.2, 0.25) is 0 Å². The van der Waals surface area contributed by atoms with Gasteiger partial charge in [0.1, 0.15) is 0 Å². The van der Waals surface area contributed by atoms with Crippen molar-refractivity contribution in [1.82, 2.24) is 5.32 Å². The van der Waals surface area contributed by atoms with Crippen LogP contribution in [0.25, 0.3) is 6.08 Å². The number of benzene rings is 2. The Morgan fingerprint density at radius 1 is 1.00 bits per heavy atom. The van der Waals surface area contributed by atoms with Crippen LogP contribution in [-0.4, -0.2) is 11.0 Å². The number of aryl methyl sites for hydroxylation is 3. The van der Waals surface area contributed by atoms with E-state index in [9.17, 15) is 4.79 Å². The first kappa shape index (κ1) is 16.9. The van der Waals surface area contributed by atoms with E-state index in [1.807, 2.05) is 63.2 Å². The van der Waals surface area contributed by atoms with Gasteiger partial charge in [0.25, 0.3) is 0 Å². The number of nitrogens with one attached hydrogen (secondary N) is 2. The summed E-state index contributed by atoms with van der Waals surface area (Å²) in [4.78, 5) is 11.9. The number of amides is 1. The topological polar surface area (TPSA) is 41.1 Å². The van der Waals surface area contributed by atoms with Crippen molar-refractivity contribution in [1.29, 1.82) is 0 Å². The van der Waals surface area contributed by atoms with E-state index in [0.717, 1.165) is 22.4 Å². The molecule has 2 aromatic rings. The van der Waals surface area contributed by atoms with Gasteiger partial charge in [0.2, 0.25) is 5.91 Å². The van der Waals surface area contributed by atoms with Crippen molar-refractivity contribution in [3.63, 3.8) is 0 Å². The van der Waals surface area contributed by atoms with Crippen molar-refractivity contribution in [2.45, 2.75) is 20.8 Å². The lowest BCUT2D eigenvalue weighted by Crippen LogP contribution is -2.33. The third-order valence-electron chi connectivity index (χ3n) is 3.46. The maximum atomic E-state index is 11.9. The highest BCUT2D eigenvalue weighted by atomic mass is 32.1. The van der Waals surface area contributed by atoms with E-state index in [1.165, 1.54) is 11.6 Å². The normalized spacial score (nSPS) is 10.6. The Kier molecular flexibility index (Phi) is 5.66. The second kappa shape index (κ2) is 7.70.